The van der Waals surface area contributed by atoms with E-state index in [1.807, 2.05) is 24.3 Å². The molecule has 0 fully saturated rings. The highest BCUT2D eigenvalue weighted by Crippen LogP contribution is 2.37. The van der Waals surface area contributed by atoms with Crippen LogP contribution in [-0.2, 0) is 10.3 Å². The van der Waals surface area contributed by atoms with Gasteiger partial charge < -0.3 is 9.84 Å². The Bertz CT molecular complexity index is 712. The van der Waals surface area contributed by atoms with Gasteiger partial charge in [-0.1, -0.05) is 18.2 Å². The summed E-state index contributed by atoms with van der Waals surface area (Å²) in [6.07, 6.45) is 3.17. The van der Waals surface area contributed by atoms with Gasteiger partial charge in [0.05, 0.1) is 11.6 Å². The fourth-order valence-corrected chi connectivity index (χ4v) is 2.28. The zero-order chi connectivity index (χ0) is 13.5. The van der Waals surface area contributed by atoms with E-state index in [-0.39, 0.29) is 0 Å². The smallest absolute Gasteiger partial charge is 0.194 e. The fraction of sp³-hybridized carbons (Fsp3) is 0.308. The molecule has 2 N–H and O–H groups in total. The molecule has 19 heavy (non-hydrogen) atoms. The SMILES string of the molecule is COC1(C)N=c2ccccc2=CC1(O)c1cn[nH]n1. The number of ether oxygens (including phenoxy) is 1. The summed E-state index contributed by atoms with van der Waals surface area (Å²) in [4.78, 5) is 4.52. The maximum atomic E-state index is 11.0. The summed E-state index contributed by atoms with van der Waals surface area (Å²) in [5.74, 6) is 0. The zero-order valence-corrected chi connectivity index (χ0v) is 10.7. The average molecular weight is 258 g/mol. The quantitative estimate of drug-likeness (QED) is 0.758. The van der Waals surface area contributed by atoms with Crippen molar-refractivity contribution in [3.63, 3.8) is 0 Å². The van der Waals surface area contributed by atoms with E-state index in [9.17, 15) is 5.11 Å². The lowest BCUT2D eigenvalue weighted by molar-refractivity contribution is -0.130. The van der Waals surface area contributed by atoms with Gasteiger partial charge in [0.2, 0.25) is 0 Å². The Kier molecular flexibility index (Phi) is 2.51. The van der Waals surface area contributed by atoms with Crippen LogP contribution >= 0.6 is 0 Å². The molecule has 0 radical (unpaired) electrons. The molecule has 0 amide bonds. The minimum absolute atomic E-state index is 0.370. The Morgan fingerprint density at radius 3 is 2.79 bits per heavy atom. The summed E-state index contributed by atoms with van der Waals surface area (Å²) in [6.45, 7) is 1.72. The van der Waals surface area contributed by atoms with Gasteiger partial charge in [-0.25, -0.2) is 4.99 Å². The summed E-state index contributed by atoms with van der Waals surface area (Å²) < 4.78 is 5.45. The van der Waals surface area contributed by atoms with Crippen molar-refractivity contribution in [3.8, 4) is 0 Å². The first-order valence-corrected chi connectivity index (χ1v) is 5.91. The first kappa shape index (κ1) is 12.0. The Labute approximate surface area is 109 Å². The number of nitrogens with zero attached hydrogens (tertiary/aromatic N) is 3. The van der Waals surface area contributed by atoms with Gasteiger partial charge in [-0.05, 0) is 24.3 Å². The van der Waals surface area contributed by atoms with Crippen LogP contribution < -0.4 is 10.6 Å². The van der Waals surface area contributed by atoms with E-state index in [1.165, 1.54) is 13.3 Å². The summed E-state index contributed by atoms with van der Waals surface area (Å²) in [7, 11) is 1.51. The second-order valence-corrected chi connectivity index (χ2v) is 4.62. The number of fused-ring (bicyclic) bond motifs is 1. The van der Waals surface area contributed by atoms with E-state index in [0.717, 1.165) is 10.6 Å². The molecule has 3 rings (SSSR count). The summed E-state index contributed by atoms with van der Waals surface area (Å²) in [5, 5.41) is 22.8. The lowest BCUT2D eigenvalue weighted by atomic mass is 9.85. The third-order valence-electron chi connectivity index (χ3n) is 3.55. The molecule has 0 saturated carbocycles. The summed E-state index contributed by atoms with van der Waals surface area (Å²) >= 11 is 0. The highest BCUT2D eigenvalue weighted by atomic mass is 16.5. The number of para-hydroxylation sites is 1. The molecule has 2 heterocycles. The van der Waals surface area contributed by atoms with Crippen molar-refractivity contribution in [2.24, 2.45) is 4.99 Å². The monoisotopic (exact) mass is 258 g/mol. The Balaban J connectivity index is 2.33. The molecule has 0 bridgehead atoms. The second kappa shape index (κ2) is 3.97. The van der Waals surface area contributed by atoms with Gasteiger partial charge in [-0.15, -0.1) is 0 Å². The normalized spacial score (nSPS) is 29.2. The third-order valence-corrected chi connectivity index (χ3v) is 3.55. The van der Waals surface area contributed by atoms with Crippen molar-refractivity contribution in [2.45, 2.75) is 18.2 Å². The third kappa shape index (κ3) is 1.61. The van der Waals surface area contributed by atoms with Crippen LogP contribution in [0.25, 0.3) is 6.08 Å². The number of aromatic amines is 1. The number of nitrogens with one attached hydrogen (secondary N) is 1. The van der Waals surface area contributed by atoms with E-state index in [4.69, 9.17) is 4.74 Å². The van der Waals surface area contributed by atoms with Crippen LogP contribution in [0.2, 0.25) is 0 Å². The number of benzene rings is 1. The number of hydrogen-bond donors (Lipinski definition) is 2. The molecule has 1 aliphatic rings. The average Bonchev–Trinajstić information content (AvgIpc) is 2.94. The Morgan fingerprint density at radius 2 is 2.11 bits per heavy atom. The number of H-pyrrole nitrogens is 1. The number of aromatic nitrogens is 3. The standard InChI is InChI=1S/C13H14N4O2/c1-12(19-2)13(18,11-8-14-17-16-11)7-9-5-3-4-6-10(9)15-12/h3-8,18H,1-2H3,(H,14,16,17). The van der Waals surface area contributed by atoms with Crippen molar-refractivity contribution in [3.05, 3.63) is 46.7 Å². The molecule has 6 nitrogen and oxygen atoms in total. The first-order valence-electron chi connectivity index (χ1n) is 5.91. The van der Waals surface area contributed by atoms with E-state index >= 15 is 0 Å². The predicted molar refractivity (Wildman–Crippen MR) is 67.4 cm³/mol. The molecule has 1 aromatic heterocycles. The molecule has 0 spiro atoms. The summed E-state index contributed by atoms with van der Waals surface area (Å²) in [5.41, 5.74) is -2.25. The van der Waals surface area contributed by atoms with Crippen LogP contribution in [0.3, 0.4) is 0 Å². The minimum atomic E-state index is -1.47. The van der Waals surface area contributed by atoms with Gasteiger partial charge in [0.15, 0.2) is 11.3 Å². The van der Waals surface area contributed by atoms with Gasteiger partial charge in [-0.2, -0.15) is 15.4 Å². The van der Waals surface area contributed by atoms with Crippen molar-refractivity contribution >= 4 is 6.08 Å². The van der Waals surface area contributed by atoms with Crippen molar-refractivity contribution in [2.75, 3.05) is 7.11 Å². The molecule has 98 valence electrons. The van der Waals surface area contributed by atoms with Gasteiger partial charge in [0.25, 0.3) is 0 Å². The van der Waals surface area contributed by atoms with Crippen molar-refractivity contribution < 1.29 is 9.84 Å². The van der Waals surface area contributed by atoms with Gasteiger partial charge >= 0.3 is 0 Å². The zero-order valence-electron chi connectivity index (χ0n) is 10.7. The summed E-state index contributed by atoms with van der Waals surface area (Å²) in [6, 6.07) is 7.56. The highest BCUT2D eigenvalue weighted by Gasteiger charge is 2.50. The van der Waals surface area contributed by atoms with Crippen LogP contribution in [-0.4, -0.2) is 33.4 Å². The molecule has 1 aromatic carbocycles. The maximum absolute atomic E-state index is 11.0. The fourth-order valence-electron chi connectivity index (χ4n) is 2.28. The van der Waals surface area contributed by atoms with Gasteiger partial charge in [-0.3, -0.25) is 0 Å². The Morgan fingerprint density at radius 1 is 1.32 bits per heavy atom. The Hall–Kier alpha value is -2.05. The molecule has 1 aliphatic heterocycles. The van der Waals surface area contributed by atoms with Gasteiger partial charge in [0, 0.05) is 7.11 Å². The first-order chi connectivity index (χ1) is 9.09. The van der Waals surface area contributed by atoms with E-state index in [0.29, 0.717) is 5.69 Å². The van der Waals surface area contributed by atoms with Gasteiger partial charge in [0.1, 0.15) is 5.69 Å². The minimum Gasteiger partial charge on any atom is -0.374 e. The van der Waals surface area contributed by atoms with Crippen LogP contribution in [0.4, 0.5) is 0 Å². The van der Waals surface area contributed by atoms with Crippen LogP contribution in [0, 0.1) is 0 Å². The van der Waals surface area contributed by atoms with E-state index in [1.54, 1.807) is 13.0 Å². The molecule has 0 aliphatic carbocycles. The topological polar surface area (TPSA) is 83.4 Å². The van der Waals surface area contributed by atoms with Crippen LogP contribution in [0.15, 0.2) is 35.5 Å². The van der Waals surface area contributed by atoms with Crippen molar-refractivity contribution in [1.82, 2.24) is 15.4 Å². The van der Waals surface area contributed by atoms with E-state index in [2.05, 4.69) is 20.4 Å². The molecule has 2 atom stereocenters. The number of hydrogen-bond acceptors (Lipinski definition) is 5. The largest absolute Gasteiger partial charge is 0.374 e. The van der Waals surface area contributed by atoms with Crippen LogP contribution in [0.5, 0.6) is 0 Å². The lowest BCUT2D eigenvalue weighted by Gasteiger charge is -2.39. The molecule has 6 heteroatoms. The lowest BCUT2D eigenvalue weighted by Crippen LogP contribution is -2.55. The highest BCUT2D eigenvalue weighted by molar-refractivity contribution is 5.45. The molecular formula is C13H14N4O2. The predicted octanol–water partition coefficient (Wildman–Crippen LogP) is -0.531. The maximum Gasteiger partial charge on any atom is 0.194 e. The molecular weight excluding hydrogens is 244 g/mol. The second-order valence-electron chi connectivity index (χ2n) is 4.62. The molecule has 2 aromatic rings. The van der Waals surface area contributed by atoms with Crippen LogP contribution in [0.1, 0.15) is 12.6 Å². The van der Waals surface area contributed by atoms with Crippen molar-refractivity contribution in [1.29, 1.82) is 0 Å². The molecule has 2 unspecified atom stereocenters. The number of aliphatic hydroxyl groups is 1. The van der Waals surface area contributed by atoms with E-state index < -0.39 is 11.3 Å². The number of rotatable bonds is 2. The number of methoxy groups -OCH3 is 1. The molecule has 0 saturated heterocycles.